The zero-order valence-corrected chi connectivity index (χ0v) is 11.0. The van der Waals surface area contributed by atoms with Crippen molar-refractivity contribution in [3.63, 3.8) is 0 Å². The van der Waals surface area contributed by atoms with Crippen LogP contribution in [0.25, 0.3) is 0 Å². The number of nitrogens with two attached hydrogens (primary N) is 1. The van der Waals surface area contributed by atoms with Crippen LogP contribution in [-0.4, -0.2) is 29.6 Å². The van der Waals surface area contributed by atoms with E-state index in [0.29, 0.717) is 12.6 Å². The van der Waals surface area contributed by atoms with Crippen LogP contribution >= 0.6 is 0 Å². The van der Waals surface area contributed by atoms with Crippen LogP contribution in [0.2, 0.25) is 0 Å². The van der Waals surface area contributed by atoms with Crippen LogP contribution in [0.4, 0.5) is 5.82 Å². The molecule has 1 aromatic rings. The molecule has 1 heterocycles. The number of hydrogen-bond donors (Lipinski definition) is 1. The third kappa shape index (κ3) is 2.75. The van der Waals surface area contributed by atoms with E-state index in [2.05, 4.69) is 34.9 Å². The lowest BCUT2D eigenvalue weighted by molar-refractivity contribution is 0.565. The van der Waals surface area contributed by atoms with Gasteiger partial charge in [-0.3, -0.25) is 0 Å². The third-order valence-corrected chi connectivity index (χ3v) is 3.51. The summed E-state index contributed by atoms with van der Waals surface area (Å²) < 4.78 is 0. The Kier molecular flexibility index (Phi) is 3.62. The predicted molar refractivity (Wildman–Crippen MR) is 70.1 cm³/mol. The second-order valence-electron chi connectivity index (χ2n) is 4.87. The monoisotopic (exact) mass is 234 g/mol. The maximum absolute atomic E-state index is 5.88. The van der Waals surface area contributed by atoms with Crippen molar-refractivity contribution in [2.75, 3.05) is 18.5 Å². The molecule has 1 aromatic heterocycles. The minimum absolute atomic E-state index is 0.425. The van der Waals surface area contributed by atoms with E-state index in [-0.39, 0.29) is 0 Å². The Labute approximate surface area is 103 Å². The molecule has 4 nitrogen and oxygen atoms in total. The average molecular weight is 234 g/mol. The van der Waals surface area contributed by atoms with Crippen LogP contribution in [0.5, 0.6) is 0 Å². The van der Waals surface area contributed by atoms with Crippen LogP contribution in [0.3, 0.4) is 0 Å². The number of nitrogens with zero attached hydrogens (tertiary/aromatic N) is 3. The minimum Gasteiger partial charge on any atom is -0.355 e. The van der Waals surface area contributed by atoms with Gasteiger partial charge in [-0.15, -0.1) is 0 Å². The molecule has 0 aliphatic heterocycles. The number of aryl methyl sites for hydroxylation is 2. The molecule has 0 aromatic carbocycles. The SMILES string of the molecule is CCc1cc(N(C)C(CN)C2CC2)nc(C)n1. The highest BCUT2D eigenvalue weighted by atomic mass is 15.2. The van der Waals surface area contributed by atoms with Gasteiger partial charge in [-0.05, 0) is 32.1 Å². The third-order valence-electron chi connectivity index (χ3n) is 3.51. The first-order chi connectivity index (χ1) is 8.15. The highest BCUT2D eigenvalue weighted by Crippen LogP contribution is 2.35. The molecule has 1 aliphatic carbocycles. The average Bonchev–Trinajstić information content (AvgIpc) is 3.13. The van der Waals surface area contributed by atoms with Gasteiger partial charge in [0.15, 0.2) is 0 Å². The molecule has 1 saturated carbocycles. The van der Waals surface area contributed by atoms with E-state index in [1.165, 1.54) is 12.8 Å². The Bertz CT molecular complexity index is 387. The van der Waals surface area contributed by atoms with Gasteiger partial charge in [-0.2, -0.15) is 0 Å². The minimum atomic E-state index is 0.425. The fourth-order valence-electron chi connectivity index (χ4n) is 2.29. The second-order valence-corrected chi connectivity index (χ2v) is 4.87. The van der Waals surface area contributed by atoms with Crippen molar-refractivity contribution in [3.05, 3.63) is 17.6 Å². The molecular formula is C13H22N4. The van der Waals surface area contributed by atoms with E-state index in [1.807, 2.05) is 6.92 Å². The number of aromatic nitrogens is 2. The lowest BCUT2D eigenvalue weighted by Crippen LogP contribution is -2.40. The van der Waals surface area contributed by atoms with Gasteiger partial charge in [-0.1, -0.05) is 6.92 Å². The first-order valence-electron chi connectivity index (χ1n) is 6.43. The number of rotatable bonds is 5. The molecule has 0 amide bonds. The summed E-state index contributed by atoms with van der Waals surface area (Å²) in [6.07, 6.45) is 3.55. The van der Waals surface area contributed by atoms with Crippen molar-refractivity contribution >= 4 is 5.82 Å². The molecule has 2 rings (SSSR count). The number of hydrogen-bond acceptors (Lipinski definition) is 4. The summed E-state index contributed by atoms with van der Waals surface area (Å²) in [7, 11) is 2.09. The molecule has 0 radical (unpaired) electrons. The van der Waals surface area contributed by atoms with Crippen molar-refractivity contribution in [1.82, 2.24) is 9.97 Å². The van der Waals surface area contributed by atoms with Crippen molar-refractivity contribution in [1.29, 1.82) is 0 Å². The largest absolute Gasteiger partial charge is 0.355 e. The molecule has 17 heavy (non-hydrogen) atoms. The summed E-state index contributed by atoms with van der Waals surface area (Å²) >= 11 is 0. The summed E-state index contributed by atoms with van der Waals surface area (Å²) in [5, 5.41) is 0. The Hall–Kier alpha value is -1.16. The van der Waals surface area contributed by atoms with Crippen LogP contribution < -0.4 is 10.6 Å². The van der Waals surface area contributed by atoms with Gasteiger partial charge in [0.2, 0.25) is 0 Å². The molecule has 1 fully saturated rings. The van der Waals surface area contributed by atoms with E-state index in [1.54, 1.807) is 0 Å². The Morgan fingerprint density at radius 1 is 1.47 bits per heavy atom. The molecule has 94 valence electrons. The summed E-state index contributed by atoms with van der Waals surface area (Å²) in [6.45, 7) is 4.77. The van der Waals surface area contributed by atoms with Crippen molar-refractivity contribution < 1.29 is 0 Å². The van der Waals surface area contributed by atoms with Crippen molar-refractivity contribution in [2.24, 2.45) is 11.7 Å². The quantitative estimate of drug-likeness (QED) is 0.839. The fourth-order valence-corrected chi connectivity index (χ4v) is 2.29. The lowest BCUT2D eigenvalue weighted by atomic mass is 10.1. The molecule has 4 heteroatoms. The summed E-state index contributed by atoms with van der Waals surface area (Å²) in [4.78, 5) is 11.2. The normalized spacial score (nSPS) is 16.9. The van der Waals surface area contributed by atoms with E-state index in [4.69, 9.17) is 5.73 Å². The van der Waals surface area contributed by atoms with Crippen LogP contribution in [0.15, 0.2) is 6.07 Å². The van der Waals surface area contributed by atoms with Crippen molar-refractivity contribution in [2.45, 2.75) is 39.2 Å². The predicted octanol–water partition coefficient (Wildman–Crippen LogP) is 1.52. The maximum Gasteiger partial charge on any atom is 0.132 e. The molecule has 1 atom stereocenters. The van der Waals surface area contributed by atoms with Gasteiger partial charge in [0.05, 0.1) is 0 Å². The van der Waals surface area contributed by atoms with Crippen LogP contribution in [0.1, 0.15) is 31.3 Å². The van der Waals surface area contributed by atoms with Crippen LogP contribution in [-0.2, 0) is 6.42 Å². The van der Waals surface area contributed by atoms with Gasteiger partial charge in [-0.25, -0.2) is 9.97 Å². The van der Waals surface area contributed by atoms with Crippen molar-refractivity contribution in [3.8, 4) is 0 Å². The van der Waals surface area contributed by atoms with Gasteiger partial charge in [0.25, 0.3) is 0 Å². The highest BCUT2D eigenvalue weighted by molar-refractivity contribution is 5.41. The number of likely N-dealkylation sites (N-methyl/N-ethyl adjacent to an activating group) is 1. The Morgan fingerprint density at radius 3 is 2.71 bits per heavy atom. The lowest BCUT2D eigenvalue weighted by Gasteiger charge is -2.28. The van der Waals surface area contributed by atoms with E-state index < -0.39 is 0 Å². The smallest absolute Gasteiger partial charge is 0.132 e. The summed E-state index contributed by atoms with van der Waals surface area (Å²) in [6, 6.07) is 2.51. The number of anilines is 1. The first-order valence-corrected chi connectivity index (χ1v) is 6.43. The first kappa shape index (κ1) is 12.3. The second kappa shape index (κ2) is 5.00. The van der Waals surface area contributed by atoms with E-state index in [0.717, 1.165) is 29.7 Å². The molecule has 0 bridgehead atoms. The van der Waals surface area contributed by atoms with Gasteiger partial charge < -0.3 is 10.6 Å². The fraction of sp³-hybridized carbons (Fsp3) is 0.692. The Balaban J connectivity index is 2.22. The standard InChI is InChI=1S/C13H22N4/c1-4-11-7-13(16-9(2)15-11)17(3)12(8-14)10-5-6-10/h7,10,12H,4-6,8,14H2,1-3H3. The zero-order valence-electron chi connectivity index (χ0n) is 11.0. The Morgan fingerprint density at radius 2 is 2.18 bits per heavy atom. The molecule has 0 saturated heterocycles. The topological polar surface area (TPSA) is 55.0 Å². The summed E-state index contributed by atoms with van der Waals surface area (Å²) in [5.41, 5.74) is 6.98. The van der Waals surface area contributed by atoms with Crippen LogP contribution in [0, 0.1) is 12.8 Å². The zero-order chi connectivity index (χ0) is 12.4. The van der Waals surface area contributed by atoms with E-state index in [9.17, 15) is 0 Å². The molecule has 0 spiro atoms. The van der Waals surface area contributed by atoms with Gasteiger partial charge in [0.1, 0.15) is 11.6 Å². The summed E-state index contributed by atoms with van der Waals surface area (Å²) in [5.74, 6) is 2.61. The molecular weight excluding hydrogens is 212 g/mol. The molecule has 1 unspecified atom stereocenters. The van der Waals surface area contributed by atoms with Gasteiger partial charge >= 0.3 is 0 Å². The maximum atomic E-state index is 5.88. The molecule has 2 N–H and O–H groups in total. The van der Waals surface area contributed by atoms with E-state index >= 15 is 0 Å². The molecule has 1 aliphatic rings. The van der Waals surface area contributed by atoms with Gasteiger partial charge in [0, 0.05) is 31.4 Å². The highest BCUT2D eigenvalue weighted by Gasteiger charge is 2.33.